The minimum atomic E-state index is -1.16. The topological polar surface area (TPSA) is 92.1 Å². The van der Waals surface area contributed by atoms with Crippen molar-refractivity contribution in [2.75, 3.05) is 48.0 Å². The smallest absolute Gasteiger partial charge is 0.189 e. The monoisotopic (exact) mass is 425 g/mol. The van der Waals surface area contributed by atoms with E-state index in [1.165, 1.54) is 17.5 Å². The van der Waals surface area contributed by atoms with E-state index in [0.717, 1.165) is 44.0 Å². The van der Waals surface area contributed by atoms with Crippen molar-refractivity contribution in [3.63, 3.8) is 0 Å². The van der Waals surface area contributed by atoms with Crippen molar-refractivity contribution < 1.29 is 14.6 Å². The van der Waals surface area contributed by atoms with E-state index in [0.29, 0.717) is 5.69 Å². The molecule has 166 valence electrons. The minimum absolute atomic E-state index is 0.0758. The van der Waals surface area contributed by atoms with Gasteiger partial charge < -0.3 is 19.6 Å². The molecule has 1 heterocycles. The van der Waals surface area contributed by atoms with Crippen LogP contribution in [0.2, 0.25) is 0 Å². The first kappa shape index (κ1) is 22.6. The van der Waals surface area contributed by atoms with E-state index >= 15 is 0 Å². The van der Waals surface area contributed by atoms with Crippen LogP contribution < -0.4 is 24.8 Å². The number of carbonyl (C=O) groups is 1. The number of aliphatic hydroxyl groups excluding tert-OH is 1. The number of ketones is 1. The molecule has 31 heavy (non-hydrogen) atoms. The fraction of sp³-hybridized carbons (Fsp3) is 0.391. The van der Waals surface area contributed by atoms with Crippen LogP contribution in [-0.4, -0.2) is 62.9 Å². The molecule has 0 aliphatic carbocycles. The molecule has 1 saturated heterocycles. The quantitative estimate of drug-likeness (QED) is 0.322. The number of methoxy groups -OCH3 is 1. The highest BCUT2D eigenvalue weighted by Crippen LogP contribution is 2.25. The molecule has 0 aromatic heterocycles. The van der Waals surface area contributed by atoms with Gasteiger partial charge in [0.1, 0.15) is 11.5 Å². The van der Waals surface area contributed by atoms with Crippen LogP contribution in [-0.2, 0) is 4.79 Å². The van der Waals surface area contributed by atoms with Crippen molar-refractivity contribution in [3.05, 3.63) is 48.5 Å². The second kappa shape index (κ2) is 10.3. The fourth-order valence-electron chi connectivity index (χ4n) is 3.56. The average molecular weight is 426 g/mol. The maximum absolute atomic E-state index is 11.4. The number of ether oxygens (including phenoxy) is 1. The highest BCUT2D eigenvalue weighted by atomic mass is 16.5. The SMILES string of the molecule is COc1ccc(N2CCN(c3ccc(N(C=N)C(O)NC(C)C(C)=O)cc3)CC2)cc1. The van der Waals surface area contributed by atoms with Crippen LogP contribution in [0.15, 0.2) is 48.5 Å². The summed E-state index contributed by atoms with van der Waals surface area (Å²) in [5.74, 6) is 0.783. The van der Waals surface area contributed by atoms with E-state index in [1.54, 1.807) is 14.0 Å². The number of carbonyl (C=O) groups excluding carboxylic acids is 1. The molecule has 3 rings (SSSR count). The molecule has 1 fully saturated rings. The number of anilines is 3. The molecule has 0 saturated carbocycles. The van der Waals surface area contributed by atoms with Crippen molar-refractivity contribution in [1.82, 2.24) is 5.32 Å². The maximum atomic E-state index is 11.4. The first-order valence-electron chi connectivity index (χ1n) is 10.4. The van der Waals surface area contributed by atoms with Gasteiger partial charge in [-0.3, -0.25) is 20.4 Å². The summed E-state index contributed by atoms with van der Waals surface area (Å²) in [6.07, 6.45) is -0.108. The molecule has 0 radical (unpaired) electrons. The molecule has 3 N–H and O–H groups in total. The summed E-state index contributed by atoms with van der Waals surface area (Å²) in [5.41, 5.74) is 2.97. The molecule has 2 atom stereocenters. The Balaban J connectivity index is 1.59. The summed E-state index contributed by atoms with van der Waals surface area (Å²) in [7, 11) is 1.67. The molecule has 2 aromatic rings. The molecule has 1 aliphatic heterocycles. The van der Waals surface area contributed by atoms with Crippen molar-refractivity contribution in [3.8, 4) is 5.75 Å². The van der Waals surface area contributed by atoms with Crippen molar-refractivity contribution in [2.24, 2.45) is 0 Å². The predicted molar refractivity (Wildman–Crippen MR) is 124 cm³/mol. The van der Waals surface area contributed by atoms with Gasteiger partial charge in [-0.2, -0.15) is 0 Å². The molecule has 2 unspecified atom stereocenters. The van der Waals surface area contributed by atoms with Gasteiger partial charge in [0.15, 0.2) is 6.35 Å². The van der Waals surface area contributed by atoms with Crippen molar-refractivity contribution >= 4 is 29.2 Å². The Labute approximate surface area is 183 Å². The van der Waals surface area contributed by atoms with Gasteiger partial charge in [0.2, 0.25) is 0 Å². The van der Waals surface area contributed by atoms with Gasteiger partial charge in [0.05, 0.1) is 19.5 Å². The lowest BCUT2D eigenvalue weighted by Crippen LogP contribution is -2.50. The van der Waals surface area contributed by atoms with Crippen molar-refractivity contribution in [1.29, 1.82) is 5.41 Å². The van der Waals surface area contributed by atoms with Gasteiger partial charge in [-0.15, -0.1) is 0 Å². The zero-order valence-electron chi connectivity index (χ0n) is 18.3. The normalized spacial score (nSPS) is 15.9. The molecule has 0 amide bonds. The van der Waals surface area contributed by atoms with Crippen LogP contribution in [0.4, 0.5) is 17.1 Å². The molecular formula is C23H31N5O3. The number of rotatable bonds is 9. The third kappa shape index (κ3) is 5.53. The van der Waals surface area contributed by atoms with Gasteiger partial charge in [-0.05, 0) is 62.4 Å². The van der Waals surface area contributed by atoms with E-state index < -0.39 is 12.4 Å². The summed E-state index contributed by atoms with van der Waals surface area (Å²) in [6, 6.07) is 15.4. The lowest BCUT2D eigenvalue weighted by Gasteiger charge is -2.37. The Morgan fingerprint density at radius 2 is 1.55 bits per heavy atom. The van der Waals surface area contributed by atoms with Crippen LogP contribution in [0.25, 0.3) is 0 Å². The maximum Gasteiger partial charge on any atom is 0.189 e. The number of nitrogens with one attached hydrogen (secondary N) is 2. The summed E-state index contributed by atoms with van der Waals surface area (Å²) < 4.78 is 5.23. The largest absolute Gasteiger partial charge is 0.497 e. The van der Waals surface area contributed by atoms with Gasteiger partial charge in [-0.25, -0.2) is 0 Å². The average Bonchev–Trinajstić information content (AvgIpc) is 2.80. The highest BCUT2D eigenvalue weighted by molar-refractivity contribution is 5.82. The summed E-state index contributed by atoms with van der Waals surface area (Å²) in [5, 5.41) is 20.8. The summed E-state index contributed by atoms with van der Waals surface area (Å²) in [6.45, 7) is 6.79. The number of Topliss-reactive ketones (excluding diaryl/α,β-unsaturated/α-hetero) is 1. The Bertz CT molecular complexity index is 864. The third-order valence-electron chi connectivity index (χ3n) is 5.64. The number of hydrogen-bond donors (Lipinski definition) is 3. The lowest BCUT2D eigenvalue weighted by atomic mass is 10.2. The standard InChI is InChI=1S/C23H31N5O3/c1-17(18(2)29)25-23(30)28(16-24)21-6-4-19(5-7-21)26-12-14-27(15-13-26)20-8-10-22(31-3)11-9-20/h4-11,16-17,23-25,30H,12-15H2,1-3H3. The molecule has 0 spiro atoms. The van der Waals surface area contributed by atoms with Gasteiger partial charge in [0.25, 0.3) is 0 Å². The van der Waals surface area contributed by atoms with E-state index in [9.17, 15) is 9.90 Å². The van der Waals surface area contributed by atoms with Crippen LogP contribution in [0, 0.1) is 5.41 Å². The minimum Gasteiger partial charge on any atom is -0.497 e. The van der Waals surface area contributed by atoms with E-state index in [4.69, 9.17) is 10.1 Å². The zero-order valence-corrected chi connectivity index (χ0v) is 18.3. The van der Waals surface area contributed by atoms with Gasteiger partial charge in [-0.1, -0.05) is 0 Å². The first-order valence-corrected chi connectivity index (χ1v) is 10.4. The molecule has 0 bridgehead atoms. The Hall–Kier alpha value is -3.10. The molecule has 8 nitrogen and oxygen atoms in total. The van der Waals surface area contributed by atoms with E-state index in [-0.39, 0.29) is 5.78 Å². The number of nitrogens with zero attached hydrogens (tertiary/aromatic N) is 3. The van der Waals surface area contributed by atoms with E-state index in [2.05, 4.69) is 27.2 Å². The third-order valence-corrected chi connectivity index (χ3v) is 5.64. The number of aliphatic hydroxyl groups is 1. The second-order valence-electron chi connectivity index (χ2n) is 7.60. The fourth-order valence-corrected chi connectivity index (χ4v) is 3.56. The van der Waals surface area contributed by atoms with Crippen LogP contribution in [0.3, 0.4) is 0 Å². The van der Waals surface area contributed by atoms with Crippen LogP contribution in [0.1, 0.15) is 13.8 Å². The molecular weight excluding hydrogens is 394 g/mol. The van der Waals surface area contributed by atoms with Crippen molar-refractivity contribution in [2.45, 2.75) is 26.2 Å². The molecule has 2 aromatic carbocycles. The molecule has 1 aliphatic rings. The zero-order chi connectivity index (χ0) is 22.4. The van der Waals surface area contributed by atoms with E-state index in [1.807, 2.05) is 36.4 Å². The number of benzene rings is 2. The Morgan fingerprint density at radius 3 is 1.97 bits per heavy atom. The lowest BCUT2D eigenvalue weighted by molar-refractivity contribution is -0.119. The Morgan fingerprint density at radius 1 is 1.06 bits per heavy atom. The first-order chi connectivity index (χ1) is 14.9. The summed E-state index contributed by atoms with van der Waals surface area (Å²) in [4.78, 5) is 17.5. The number of piperazine rings is 1. The van der Waals surface area contributed by atoms with Crippen LogP contribution in [0.5, 0.6) is 5.75 Å². The second-order valence-corrected chi connectivity index (χ2v) is 7.60. The van der Waals surface area contributed by atoms with Gasteiger partial charge >= 0.3 is 0 Å². The number of hydrogen-bond acceptors (Lipinski definition) is 7. The Kier molecular flexibility index (Phi) is 7.49. The van der Waals surface area contributed by atoms with Gasteiger partial charge in [0, 0.05) is 43.2 Å². The highest BCUT2D eigenvalue weighted by Gasteiger charge is 2.20. The summed E-state index contributed by atoms with van der Waals surface area (Å²) >= 11 is 0. The van der Waals surface area contributed by atoms with Crippen LogP contribution >= 0.6 is 0 Å². The predicted octanol–water partition coefficient (Wildman–Crippen LogP) is 2.28. The molecule has 8 heteroatoms.